The minimum atomic E-state index is 0.953. The molecule has 3 rings (SSSR count). The molecule has 110 valence electrons. The summed E-state index contributed by atoms with van der Waals surface area (Å²) in [6, 6.07) is 12.0. The van der Waals surface area contributed by atoms with E-state index in [2.05, 4.69) is 37.3 Å². The molecule has 0 radical (unpaired) electrons. The van der Waals surface area contributed by atoms with Gasteiger partial charge in [0.1, 0.15) is 32.7 Å². The summed E-state index contributed by atoms with van der Waals surface area (Å²) in [7, 11) is 0. The Morgan fingerprint density at radius 2 is 1.65 bits per heavy atom. The molecule has 2 nitrogen and oxygen atoms in total. The predicted molar refractivity (Wildman–Crippen MR) is 83.0 cm³/mol. The van der Waals surface area contributed by atoms with E-state index in [-0.39, 0.29) is 0 Å². The number of hydrogen-bond donors (Lipinski definition) is 2. The van der Waals surface area contributed by atoms with Gasteiger partial charge in [0.25, 0.3) is 0 Å². The average molecular weight is 274 g/mol. The van der Waals surface area contributed by atoms with Crippen LogP contribution in [-0.4, -0.2) is 32.2 Å². The fourth-order valence-corrected chi connectivity index (χ4v) is 4.28. The third-order valence-corrected chi connectivity index (χ3v) is 5.53. The van der Waals surface area contributed by atoms with E-state index in [0.29, 0.717) is 0 Å². The van der Waals surface area contributed by atoms with Gasteiger partial charge in [0.05, 0.1) is 6.04 Å². The highest BCUT2D eigenvalue weighted by Crippen LogP contribution is 2.21. The lowest BCUT2D eigenvalue weighted by molar-refractivity contribution is -1.03. The van der Waals surface area contributed by atoms with Crippen LogP contribution in [0.5, 0.6) is 0 Å². The molecule has 2 atom stereocenters. The number of piperazine rings is 1. The summed E-state index contributed by atoms with van der Waals surface area (Å²) in [5.74, 6) is 0.953. The fraction of sp³-hybridized carbons (Fsp3) is 0.667. The van der Waals surface area contributed by atoms with E-state index < -0.39 is 0 Å². The van der Waals surface area contributed by atoms with Gasteiger partial charge in [-0.1, -0.05) is 43.7 Å². The SMILES string of the molecule is C[C@H]1CCCC[C@H]1[NH+]1CC[NH+](Cc2ccccc2)CC1. The third kappa shape index (κ3) is 3.42. The molecule has 1 saturated heterocycles. The Morgan fingerprint density at radius 3 is 2.35 bits per heavy atom. The average Bonchev–Trinajstić information content (AvgIpc) is 2.50. The molecule has 1 aromatic rings. The van der Waals surface area contributed by atoms with Gasteiger partial charge in [-0.05, 0) is 19.3 Å². The quantitative estimate of drug-likeness (QED) is 0.796. The number of rotatable bonds is 3. The molecule has 2 aliphatic rings. The van der Waals surface area contributed by atoms with Crippen LogP contribution in [-0.2, 0) is 6.54 Å². The van der Waals surface area contributed by atoms with Crippen LogP contribution >= 0.6 is 0 Å². The van der Waals surface area contributed by atoms with Crippen LogP contribution < -0.4 is 9.80 Å². The maximum absolute atomic E-state index is 2.49. The van der Waals surface area contributed by atoms with E-state index >= 15 is 0 Å². The van der Waals surface area contributed by atoms with Crippen molar-refractivity contribution >= 4 is 0 Å². The van der Waals surface area contributed by atoms with Crippen molar-refractivity contribution in [3.05, 3.63) is 35.9 Å². The van der Waals surface area contributed by atoms with E-state index in [1.807, 2.05) is 4.90 Å². The zero-order valence-corrected chi connectivity index (χ0v) is 12.9. The Balaban J connectivity index is 1.49. The summed E-state index contributed by atoms with van der Waals surface area (Å²) in [6.07, 6.45) is 5.88. The molecule has 1 aliphatic carbocycles. The second-order valence-electron chi connectivity index (χ2n) is 6.94. The summed E-state index contributed by atoms with van der Waals surface area (Å²) in [4.78, 5) is 3.69. The predicted octanol–water partition coefficient (Wildman–Crippen LogP) is 0.549. The monoisotopic (exact) mass is 274 g/mol. The molecular formula is C18H30N2+2. The van der Waals surface area contributed by atoms with Gasteiger partial charge in [0.15, 0.2) is 0 Å². The summed E-state index contributed by atoms with van der Waals surface area (Å²) < 4.78 is 0. The van der Waals surface area contributed by atoms with Gasteiger partial charge in [-0.2, -0.15) is 0 Å². The Hall–Kier alpha value is -0.860. The van der Waals surface area contributed by atoms with Crippen LogP contribution in [0.3, 0.4) is 0 Å². The first kappa shape index (κ1) is 14.1. The Morgan fingerprint density at radius 1 is 0.950 bits per heavy atom. The molecule has 0 bridgehead atoms. The Bertz CT molecular complexity index is 395. The molecule has 1 saturated carbocycles. The smallest absolute Gasteiger partial charge is 0.127 e. The molecular weight excluding hydrogens is 244 g/mol. The van der Waals surface area contributed by atoms with Crippen LogP contribution in [0, 0.1) is 5.92 Å². The maximum atomic E-state index is 2.49. The molecule has 1 heterocycles. The van der Waals surface area contributed by atoms with Gasteiger partial charge in [-0.15, -0.1) is 0 Å². The third-order valence-electron chi connectivity index (χ3n) is 5.53. The van der Waals surface area contributed by atoms with Gasteiger partial charge in [-0.25, -0.2) is 0 Å². The van der Waals surface area contributed by atoms with E-state index in [1.165, 1.54) is 64.0 Å². The molecule has 20 heavy (non-hydrogen) atoms. The summed E-state index contributed by atoms with van der Waals surface area (Å²) >= 11 is 0. The van der Waals surface area contributed by atoms with Crippen molar-refractivity contribution in [1.29, 1.82) is 0 Å². The van der Waals surface area contributed by atoms with Crippen molar-refractivity contribution in [3.8, 4) is 0 Å². The highest BCUT2D eigenvalue weighted by Gasteiger charge is 2.34. The summed E-state index contributed by atoms with van der Waals surface area (Å²) in [6.45, 7) is 9.18. The molecule has 2 N–H and O–H groups in total. The lowest BCUT2D eigenvalue weighted by Gasteiger charge is -2.39. The highest BCUT2D eigenvalue weighted by atomic mass is 15.3. The molecule has 2 fully saturated rings. The van der Waals surface area contributed by atoms with Crippen molar-refractivity contribution in [2.75, 3.05) is 26.2 Å². The minimum Gasteiger partial charge on any atom is -0.323 e. The Labute approximate surface area is 123 Å². The number of quaternary nitrogens is 2. The number of benzene rings is 1. The molecule has 1 aromatic carbocycles. The summed E-state index contributed by atoms with van der Waals surface area (Å²) in [5, 5.41) is 0. The first-order valence-corrected chi connectivity index (χ1v) is 8.55. The molecule has 0 unspecified atom stereocenters. The molecule has 1 aliphatic heterocycles. The van der Waals surface area contributed by atoms with Crippen LogP contribution in [0.15, 0.2) is 30.3 Å². The van der Waals surface area contributed by atoms with Crippen LogP contribution in [0.1, 0.15) is 38.2 Å². The normalized spacial score (nSPS) is 34.9. The lowest BCUT2D eigenvalue weighted by atomic mass is 9.84. The zero-order valence-electron chi connectivity index (χ0n) is 12.9. The second kappa shape index (κ2) is 6.73. The topological polar surface area (TPSA) is 8.88 Å². The highest BCUT2D eigenvalue weighted by molar-refractivity contribution is 5.13. The van der Waals surface area contributed by atoms with E-state index in [0.717, 1.165) is 12.0 Å². The van der Waals surface area contributed by atoms with Crippen molar-refractivity contribution < 1.29 is 9.80 Å². The van der Waals surface area contributed by atoms with Gasteiger partial charge in [-0.3, -0.25) is 0 Å². The molecule has 0 amide bonds. The van der Waals surface area contributed by atoms with E-state index in [9.17, 15) is 0 Å². The zero-order chi connectivity index (χ0) is 13.8. The van der Waals surface area contributed by atoms with Gasteiger partial charge < -0.3 is 9.80 Å². The lowest BCUT2D eigenvalue weighted by Crippen LogP contribution is -3.29. The maximum Gasteiger partial charge on any atom is 0.127 e. The molecule has 2 heteroatoms. The minimum absolute atomic E-state index is 0.953. The van der Waals surface area contributed by atoms with Crippen molar-refractivity contribution in [2.45, 2.75) is 45.2 Å². The standard InChI is InChI=1S/C18H28N2/c1-16-7-5-6-10-18(16)20-13-11-19(12-14-20)15-17-8-3-2-4-9-17/h2-4,8-9,16,18H,5-7,10-15H2,1H3/p+2/t16-,18+/m0/s1. The first-order chi connectivity index (χ1) is 9.83. The summed E-state index contributed by atoms with van der Waals surface area (Å²) in [5.41, 5.74) is 1.50. The van der Waals surface area contributed by atoms with Gasteiger partial charge in [0, 0.05) is 11.5 Å². The van der Waals surface area contributed by atoms with Crippen LogP contribution in [0.4, 0.5) is 0 Å². The van der Waals surface area contributed by atoms with Crippen molar-refractivity contribution in [3.63, 3.8) is 0 Å². The van der Waals surface area contributed by atoms with E-state index in [4.69, 9.17) is 0 Å². The largest absolute Gasteiger partial charge is 0.323 e. The Kier molecular flexibility index (Phi) is 4.74. The van der Waals surface area contributed by atoms with Gasteiger partial charge in [0.2, 0.25) is 0 Å². The number of hydrogen-bond acceptors (Lipinski definition) is 0. The first-order valence-electron chi connectivity index (χ1n) is 8.55. The van der Waals surface area contributed by atoms with Crippen LogP contribution in [0.25, 0.3) is 0 Å². The number of nitrogens with one attached hydrogen (secondary N) is 2. The molecule has 0 aromatic heterocycles. The van der Waals surface area contributed by atoms with Crippen molar-refractivity contribution in [2.24, 2.45) is 5.92 Å². The molecule has 0 spiro atoms. The van der Waals surface area contributed by atoms with Crippen LogP contribution in [0.2, 0.25) is 0 Å². The van der Waals surface area contributed by atoms with Crippen molar-refractivity contribution in [1.82, 2.24) is 0 Å². The second-order valence-corrected chi connectivity index (χ2v) is 6.94. The van der Waals surface area contributed by atoms with E-state index in [1.54, 1.807) is 4.90 Å². The van der Waals surface area contributed by atoms with Gasteiger partial charge >= 0.3 is 0 Å². The fourth-order valence-electron chi connectivity index (χ4n) is 4.28.